The van der Waals surface area contributed by atoms with E-state index in [4.69, 9.17) is 9.15 Å². The molecule has 0 spiro atoms. The second-order valence-electron chi connectivity index (χ2n) is 5.01. The molecule has 128 valence electrons. The molecule has 0 bridgehead atoms. The summed E-state index contributed by atoms with van der Waals surface area (Å²) < 4.78 is 9.94. The molecule has 0 atom stereocenters. The van der Waals surface area contributed by atoms with Gasteiger partial charge in [-0.1, -0.05) is 0 Å². The summed E-state index contributed by atoms with van der Waals surface area (Å²) in [5, 5.41) is 7.48. The van der Waals surface area contributed by atoms with Crippen LogP contribution in [0, 0.1) is 0 Å². The van der Waals surface area contributed by atoms with E-state index in [1.807, 2.05) is 29.6 Å². The molecule has 2 aromatic heterocycles. The van der Waals surface area contributed by atoms with Crippen molar-refractivity contribution in [2.45, 2.75) is 0 Å². The van der Waals surface area contributed by atoms with Gasteiger partial charge in [0.1, 0.15) is 12.0 Å². The molecule has 1 aromatic carbocycles. The molecule has 7 nitrogen and oxygen atoms in total. The Morgan fingerprint density at radius 1 is 1.24 bits per heavy atom. The van der Waals surface area contributed by atoms with E-state index in [9.17, 15) is 9.59 Å². The van der Waals surface area contributed by atoms with E-state index in [2.05, 4.69) is 15.6 Å². The molecule has 2 amide bonds. The molecule has 0 aliphatic carbocycles. The van der Waals surface area contributed by atoms with Gasteiger partial charge in [0, 0.05) is 10.9 Å². The van der Waals surface area contributed by atoms with Gasteiger partial charge in [0.15, 0.2) is 5.13 Å². The third-order valence-electron chi connectivity index (χ3n) is 3.33. The Bertz CT molecular complexity index is 856. The minimum atomic E-state index is -0.373. The number of carbonyl (C=O) groups excluding carboxylic acids is 2. The Labute approximate surface area is 147 Å². The Balaban J connectivity index is 1.55. The van der Waals surface area contributed by atoms with Crippen LogP contribution in [0.15, 0.2) is 52.7 Å². The number of aromatic nitrogens is 1. The quantitative estimate of drug-likeness (QED) is 0.707. The fraction of sp³-hybridized carbons (Fsp3) is 0.118. The molecule has 2 N–H and O–H groups in total. The number of benzene rings is 1. The average molecular weight is 357 g/mol. The smallest absolute Gasteiger partial charge is 0.254 e. The van der Waals surface area contributed by atoms with Crippen molar-refractivity contribution in [3.05, 3.63) is 53.8 Å². The van der Waals surface area contributed by atoms with Crippen LogP contribution in [0.1, 0.15) is 10.4 Å². The molecule has 0 saturated carbocycles. The first-order chi connectivity index (χ1) is 12.2. The first-order valence-corrected chi connectivity index (χ1v) is 8.24. The molecule has 3 aromatic rings. The first kappa shape index (κ1) is 16.7. The summed E-state index contributed by atoms with van der Waals surface area (Å²) in [6, 6.07) is 9.00. The molecular weight excluding hydrogens is 342 g/mol. The highest BCUT2D eigenvalue weighted by atomic mass is 32.1. The Morgan fingerprint density at radius 2 is 2.04 bits per heavy atom. The number of carbonyl (C=O) groups is 2. The Morgan fingerprint density at radius 3 is 2.72 bits per heavy atom. The van der Waals surface area contributed by atoms with Crippen molar-refractivity contribution in [1.29, 1.82) is 0 Å². The van der Waals surface area contributed by atoms with E-state index in [0.29, 0.717) is 10.7 Å². The minimum absolute atomic E-state index is 0.151. The standard InChI is InChI=1S/C17H15N3O4S/c1-23-13-4-2-11(3-5-13)14-10-25-17(19-14)20-15(21)8-18-16(22)12-6-7-24-9-12/h2-7,9-10H,8H2,1H3,(H,18,22)(H,19,20,21). The van der Waals surface area contributed by atoms with Crippen molar-refractivity contribution in [2.24, 2.45) is 0 Å². The number of nitrogens with one attached hydrogen (secondary N) is 2. The number of methoxy groups -OCH3 is 1. The highest BCUT2D eigenvalue weighted by Crippen LogP contribution is 2.26. The molecular formula is C17H15N3O4S. The summed E-state index contributed by atoms with van der Waals surface area (Å²) in [5.41, 5.74) is 2.04. The van der Waals surface area contributed by atoms with Gasteiger partial charge in [0.2, 0.25) is 5.91 Å². The van der Waals surface area contributed by atoms with Crippen molar-refractivity contribution in [3.63, 3.8) is 0 Å². The van der Waals surface area contributed by atoms with Crippen LogP contribution < -0.4 is 15.4 Å². The lowest BCUT2D eigenvalue weighted by atomic mass is 10.2. The van der Waals surface area contributed by atoms with Gasteiger partial charge in [0.05, 0.1) is 31.2 Å². The van der Waals surface area contributed by atoms with Crippen LogP contribution in [0.25, 0.3) is 11.3 Å². The highest BCUT2D eigenvalue weighted by molar-refractivity contribution is 7.14. The largest absolute Gasteiger partial charge is 0.497 e. The van der Waals surface area contributed by atoms with E-state index in [-0.39, 0.29) is 18.4 Å². The summed E-state index contributed by atoms with van der Waals surface area (Å²) >= 11 is 1.31. The number of hydrogen-bond donors (Lipinski definition) is 2. The van der Waals surface area contributed by atoms with Gasteiger partial charge in [-0.25, -0.2) is 4.98 Å². The highest BCUT2D eigenvalue weighted by Gasteiger charge is 2.11. The maximum absolute atomic E-state index is 11.9. The van der Waals surface area contributed by atoms with Gasteiger partial charge >= 0.3 is 0 Å². The molecule has 0 fully saturated rings. The SMILES string of the molecule is COc1ccc(-c2csc(NC(=O)CNC(=O)c3ccoc3)n2)cc1. The number of anilines is 1. The zero-order chi connectivity index (χ0) is 17.6. The lowest BCUT2D eigenvalue weighted by Crippen LogP contribution is -2.32. The van der Waals surface area contributed by atoms with Crippen molar-refractivity contribution in [1.82, 2.24) is 10.3 Å². The lowest BCUT2D eigenvalue weighted by molar-refractivity contribution is -0.115. The maximum atomic E-state index is 11.9. The molecule has 0 unspecified atom stereocenters. The van der Waals surface area contributed by atoms with Gasteiger partial charge in [-0.15, -0.1) is 11.3 Å². The fourth-order valence-electron chi connectivity index (χ4n) is 2.05. The number of thiazole rings is 1. The number of amides is 2. The summed E-state index contributed by atoms with van der Waals surface area (Å²) in [6.45, 7) is -0.151. The summed E-state index contributed by atoms with van der Waals surface area (Å²) in [4.78, 5) is 28.0. The van der Waals surface area contributed by atoms with Crippen LogP contribution in [0.4, 0.5) is 5.13 Å². The molecule has 25 heavy (non-hydrogen) atoms. The van der Waals surface area contributed by atoms with Crippen molar-refractivity contribution in [3.8, 4) is 17.0 Å². The van der Waals surface area contributed by atoms with E-state index in [0.717, 1.165) is 17.0 Å². The van der Waals surface area contributed by atoms with Crippen molar-refractivity contribution < 1.29 is 18.7 Å². The lowest BCUT2D eigenvalue weighted by Gasteiger charge is -2.03. The molecule has 0 radical (unpaired) electrons. The van der Waals surface area contributed by atoms with Crippen LogP contribution in [-0.2, 0) is 4.79 Å². The van der Waals surface area contributed by atoms with Crippen molar-refractivity contribution >= 4 is 28.3 Å². The van der Waals surface area contributed by atoms with Gasteiger partial charge < -0.3 is 19.8 Å². The van der Waals surface area contributed by atoms with Crippen LogP contribution in [0.5, 0.6) is 5.75 Å². The van der Waals surface area contributed by atoms with Gasteiger partial charge in [-0.05, 0) is 30.3 Å². The maximum Gasteiger partial charge on any atom is 0.254 e. The van der Waals surface area contributed by atoms with Gasteiger partial charge in [-0.2, -0.15) is 0 Å². The predicted octanol–water partition coefficient (Wildman–Crippen LogP) is 2.78. The van der Waals surface area contributed by atoms with E-state index < -0.39 is 0 Å². The normalized spacial score (nSPS) is 10.3. The zero-order valence-electron chi connectivity index (χ0n) is 13.3. The Hall–Kier alpha value is -3.13. The zero-order valence-corrected chi connectivity index (χ0v) is 14.1. The summed E-state index contributed by atoms with van der Waals surface area (Å²) in [6.07, 6.45) is 2.71. The minimum Gasteiger partial charge on any atom is -0.497 e. The van der Waals surface area contributed by atoms with Crippen molar-refractivity contribution in [2.75, 3.05) is 19.0 Å². The third-order valence-corrected chi connectivity index (χ3v) is 4.09. The predicted molar refractivity (Wildman–Crippen MR) is 93.8 cm³/mol. The van der Waals surface area contributed by atoms with Crippen LogP contribution in [0.2, 0.25) is 0 Å². The van der Waals surface area contributed by atoms with Crippen LogP contribution >= 0.6 is 11.3 Å². The van der Waals surface area contributed by atoms with E-state index in [1.165, 1.54) is 29.9 Å². The summed E-state index contributed by atoms with van der Waals surface area (Å²) in [5.74, 6) is 0.0373. The summed E-state index contributed by atoms with van der Waals surface area (Å²) in [7, 11) is 1.61. The average Bonchev–Trinajstić information content (AvgIpc) is 3.32. The third kappa shape index (κ3) is 4.24. The number of rotatable bonds is 6. The molecule has 8 heteroatoms. The van der Waals surface area contributed by atoms with Crippen LogP contribution in [-0.4, -0.2) is 30.5 Å². The number of ether oxygens (including phenoxy) is 1. The second kappa shape index (κ2) is 7.63. The van der Waals surface area contributed by atoms with Gasteiger partial charge in [0.25, 0.3) is 5.91 Å². The number of hydrogen-bond acceptors (Lipinski definition) is 6. The monoisotopic (exact) mass is 357 g/mol. The van der Waals surface area contributed by atoms with Crippen LogP contribution in [0.3, 0.4) is 0 Å². The van der Waals surface area contributed by atoms with Gasteiger partial charge in [-0.3, -0.25) is 9.59 Å². The van der Waals surface area contributed by atoms with E-state index >= 15 is 0 Å². The topological polar surface area (TPSA) is 93.5 Å². The number of nitrogens with zero attached hydrogens (tertiary/aromatic N) is 1. The molecule has 0 saturated heterocycles. The molecule has 3 rings (SSSR count). The fourth-order valence-corrected chi connectivity index (χ4v) is 2.78. The molecule has 2 heterocycles. The van der Waals surface area contributed by atoms with E-state index in [1.54, 1.807) is 7.11 Å². The molecule has 0 aliphatic heterocycles. The first-order valence-electron chi connectivity index (χ1n) is 7.36. The molecule has 0 aliphatic rings. The Kier molecular flexibility index (Phi) is 5.10. The second-order valence-corrected chi connectivity index (χ2v) is 5.87. The number of furan rings is 1.